The molecule has 2 aromatic rings. The minimum atomic E-state index is -0.0174. The fourth-order valence-electron chi connectivity index (χ4n) is 2.28. The van der Waals surface area contributed by atoms with E-state index in [4.69, 9.17) is 0 Å². The Morgan fingerprint density at radius 3 is 2.80 bits per heavy atom. The number of benzene rings is 1. The number of carbonyl (C=O) groups excluding carboxylic acids is 1. The van der Waals surface area contributed by atoms with Crippen molar-refractivity contribution in [2.24, 2.45) is 13.0 Å². The molecule has 0 bridgehead atoms. The van der Waals surface area contributed by atoms with Gasteiger partial charge in [0.05, 0.1) is 11.0 Å². The summed E-state index contributed by atoms with van der Waals surface area (Å²) in [5.74, 6) is 1.62. The average Bonchev–Trinajstić information content (AvgIpc) is 2.74. The topological polar surface area (TPSA) is 46.9 Å². The maximum Gasteiger partial charge on any atom is 0.251 e. The van der Waals surface area contributed by atoms with E-state index in [2.05, 4.69) is 35.6 Å². The van der Waals surface area contributed by atoms with E-state index in [0.717, 1.165) is 36.2 Å². The highest BCUT2D eigenvalue weighted by Crippen LogP contribution is 2.17. The van der Waals surface area contributed by atoms with Crippen molar-refractivity contribution in [3.8, 4) is 0 Å². The fourth-order valence-corrected chi connectivity index (χ4v) is 2.28. The van der Waals surface area contributed by atoms with E-state index in [1.807, 2.05) is 25.2 Å². The van der Waals surface area contributed by atoms with Crippen LogP contribution in [0, 0.1) is 5.92 Å². The minimum absolute atomic E-state index is 0.0174. The normalized spacial score (nSPS) is 11.2. The van der Waals surface area contributed by atoms with Crippen LogP contribution >= 0.6 is 0 Å². The third-order valence-electron chi connectivity index (χ3n) is 3.56. The van der Waals surface area contributed by atoms with E-state index in [0.29, 0.717) is 11.5 Å². The van der Waals surface area contributed by atoms with Crippen molar-refractivity contribution in [1.29, 1.82) is 0 Å². The minimum Gasteiger partial charge on any atom is -0.352 e. The van der Waals surface area contributed by atoms with Gasteiger partial charge in [0.2, 0.25) is 0 Å². The molecule has 0 saturated heterocycles. The summed E-state index contributed by atoms with van der Waals surface area (Å²) >= 11 is 0. The van der Waals surface area contributed by atoms with Gasteiger partial charge in [-0.25, -0.2) is 4.98 Å². The second-order valence-electron chi connectivity index (χ2n) is 5.58. The predicted octanol–water partition coefficient (Wildman–Crippen LogP) is 2.91. The molecule has 4 heteroatoms. The van der Waals surface area contributed by atoms with Crippen LogP contribution in [-0.2, 0) is 13.5 Å². The molecule has 4 nitrogen and oxygen atoms in total. The number of carbonyl (C=O) groups is 1. The van der Waals surface area contributed by atoms with Gasteiger partial charge in [0.25, 0.3) is 5.91 Å². The molecule has 0 unspecified atom stereocenters. The van der Waals surface area contributed by atoms with Gasteiger partial charge in [0.15, 0.2) is 0 Å². The Balaban J connectivity index is 2.17. The van der Waals surface area contributed by atoms with E-state index in [1.165, 1.54) is 0 Å². The molecule has 0 radical (unpaired) electrons. The van der Waals surface area contributed by atoms with Gasteiger partial charge in [-0.3, -0.25) is 4.79 Å². The Bertz CT molecular complexity index is 613. The molecule has 1 amide bonds. The highest BCUT2D eigenvalue weighted by molar-refractivity contribution is 5.97. The number of nitrogens with one attached hydrogen (secondary N) is 1. The highest BCUT2D eigenvalue weighted by atomic mass is 16.1. The fraction of sp³-hybridized carbons (Fsp3) is 0.500. The smallest absolute Gasteiger partial charge is 0.251 e. The summed E-state index contributed by atoms with van der Waals surface area (Å²) < 4.78 is 2.08. The number of aromatic nitrogens is 2. The first-order chi connectivity index (χ1) is 9.52. The van der Waals surface area contributed by atoms with Gasteiger partial charge in [-0.15, -0.1) is 0 Å². The lowest BCUT2D eigenvalue weighted by molar-refractivity contribution is 0.0952. The lowest BCUT2D eigenvalue weighted by atomic mass is 10.1. The molecule has 1 aromatic carbocycles. The Morgan fingerprint density at radius 1 is 1.40 bits per heavy atom. The van der Waals surface area contributed by atoms with Crippen LogP contribution in [0.25, 0.3) is 11.0 Å². The molecule has 0 aliphatic heterocycles. The van der Waals surface area contributed by atoms with Gasteiger partial charge in [0, 0.05) is 25.6 Å². The summed E-state index contributed by atoms with van der Waals surface area (Å²) in [5.41, 5.74) is 2.64. The van der Waals surface area contributed by atoms with Crippen LogP contribution in [0.4, 0.5) is 0 Å². The zero-order valence-corrected chi connectivity index (χ0v) is 12.7. The van der Waals surface area contributed by atoms with E-state index in [-0.39, 0.29) is 5.91 Å². The largest absolute Gasteiger partial charge is 0.352 e. The number of hydrogen-bond donors (Lipinski definition) is 1. The van der Waals surface area contributed by atoms with Crippen molar-refractivity contribution in [2.45, 2.75) is 33.6 Å². The van der Waals surface area contributed by atoms with Crippen LogP contribution in [0.3, 0.4) is 0 Å². The van der Waals surface area contributed by atoms with Crippen LogP contribution in [-0.4, -0.2) is 22.0 Å². The standard InChI is InChI=1S/C16H23N3O/c1-5-15-18-13-10-12(6-7-14(13)19(15)4)16(20)17-9-8-11(2)3/h6-7,10-11H,5,8-9H2,1-4H3,(H,17,20). The maximum absolute atomic E-state index is 12.1. The van der Waals surface area contributed by atoms with Gasteiger partial charge in [-0.05, 0) is 30.5 Å². The van der Waals surface area contributed by atoms with Gasteiger partial charge < -0.3 is 9.88 Å². The number of amides is 1. The van der Waals surface area contributed by atoms with E-state index >= 15 is 0 Å². The lowest BCUT2D eigenvalue weighted by Gasteiger charge is -2.07. The molecule has 1 aromatic heterocycles. The SMILES string of the molecule is CCc1nc2cc(C(=O)NCCC(C)C)ccc2n1C. The Labute approximate surface area is 120 Å². The number of hydrogen-bond acceptors (Lipinski definition) is 2. The Morgan fingerprint density at radius 2 is 2.15 bits per heavy atom. The number of imidazole rings is 1. The predicted molar refractivity (Wildman–Crippen MR) is 81.9 cm³/mol. The molecule has 0 atom stereocenters. The molecule has 2 rings (SSSR count). The summed E-state index contributed by atoms with van der Waals surface area (Å²) in [6.07, 6.45) is 1.89. The van der Waals surface area contributed by atoms with E-state index in [1.54, 1.807) is 0 Å². The van der Waals surface area contributed by atoms with Crippen LogP contribution < -0.4 is 5.32 Å². The number of nitrogens with zero attached hydrogens (tertiary/aromatic N) is 2. The first-order valence-electron chi connectivity index (χ1n) is 7.26. The van der Waals surface area contributed by atoms with Crippen LogP contribution in [0.1, 0.15) is 43.4 Å². The third kappa shape index (κ3) is 3.00. The molecule has 1 heterocycles. The number of aryl methyl sites for hydroxylation is 2. The van der Waals surface area contributed by atoms with Crippen molar-refractivity contribution < 1.29 is 4.79 Å². The van der Waals surface area contributed by atoms with Crippen molar-refractivity contribution in [2.75, 3.05) is 6.54 Å². The Kier molecular flexibility index (Phi) is 4.42. The van der Waals surface area contributed by atoms with Crippen molar-refractivity contribution in [1.82, 2.24) is 14.9 Å². The van der Waals surface area contributed by atoms with E-state index in [9.17, 15) is 4.79 Å². The second kappa shape index (κ2) is 6.07. The lowest BCUT2D eigenvalue weighted by Crippen LogP contribution is -2.25. The van der Waals surface area contributed by atoms with Gasteiger partial charge in [-0.2, -0.15) is 0 Å². The third-order valence-corrected chi connectivity index (χ3v) is 3.56. The van der Waals surface area contributed by atoms with Gasteiger partial charge >= 0.3 is 0 Å². The first-order valence-corrected chi connectivity index (χ1v) is 7.26. The first kappa shape index (κ1) is 14.6. The van der Waals surface area contributed by atoms with Crippen molar-refractivity contribution >= 4 is 16.9 Å². The molecule has 108 valence electrons. The van der Waals surface area contributed by atoms with Crippen LogP contribution in [0.2, 0.25) is 0 Å². The van der Waals surface area contributed by atoms with Crippen molar-refractivity contribution in [3.05, 3.63) is 29.6 Å². The maximum atomic E-state index is 12.1. The van der Waals surface area contributed by atoms with E-state index < -0.39 is 0 Å². The molecular formula is C16H23N3O. The molecule has 0 aliphatic carbocycles. The zero-order valence-electron chi connectivity index (χ0n) is 12.7. The Hall–Kier alpha value is -1.84. The molecule has 0 spiro atoms. The summed E-state index contributed by atoms with van der Waals surface area (Å²) in [6.45, 7) is 7.11. The number of rotatable bonds is 5. The molecule has 1 N–H and O–H groups in total. The molecular weight excluding hydrogens is 250 g/mol. The zero-order chi connectivity index (χ0) is 14.7. The van der Waals surface area contributed by atoms with Gasteiger partial charge in [-0.1, -0.05) is 20.8 Å². The molecule has 0 aliphatic rings. The molecule has 0 saturated carbocycles. The quantitative estimate of drug-likeness (QED) is 0.910. The monoisotopic (exact) mass is 273 g/mol. The summed E-state index contributed by atoms with van der Waals surface area (Å²) in [7, 11) is 2.01. The molecule has 0 fully saturated rings. The van der Waals surface area contributed by atoms with Crippen LogP contribution in [0.15, 0.2) is 18.2 Å². The summed E-state index contributed by atoms with van der Waals surface area (Å²) in [4.78, 5) is 16.7. The average molecular weight is 273 g/mol. The van der Waals surface area contributed by atoms with Crippen molar-refractivity contribution in [3.63, 3.8) is 0 Å². The summed E-state index contributed by atoms with van der Waals surface area (Å²) in [6, 6.07) is 5.71. The second-order valence-corrected chi connectivity index (χ2v) is 5.58. The van der Waals surface area contributed by atoms with Crippen LogP contribution in [0.5, 0.6) is 0 Å². The molecule has 20 heavy (non-hydrogen) atoms. The van der Waals surface area contributed by atoms with Gasteiger partial charge in [0.1, 0.15) is 5.82 Å². The number of fused-ring (bicyclic) bond motifs is 1. The highest BCUT2D eigenvalue weighted by Gasteiger charge is 2.10. The summed E-state index contributed by atoms with van der Waals surface area (Å²) in [5, 5.41) is 2.96.